The van der Waals surface area contributed by atoms with E-state index in [1.807, 2.05) is 0 Å². The largest absolute Gasteiger partial charge is 0.299 e. The molecule has 0 aromatic heterocycles. The van der Waals surface area contributed by atoms with Crippen molar-refractivity contribution in [2.75, 3.05) is 5.75 Å². The Kier molecular flexibility index (Phi) is 3.72. The zero-order valence-electron chi connectivity index (χ0n) is 13.2. The number of ketones is 1. The molecule has 120 valence electrons. The van der Waals surface area contributed by atoms with Crippen LogP contribution < -0.4 is 4.72 Å². The first-order chi connectivity index (χ1) is 9.77. The highest BCUT2D eigenvalue weighted by Gasteiger charge is 2.65. The van der Waals surface area contributed by atoms with Crippen molar-refractivity contribution in [1.29, 1.82) is 0 Å². The predicted octanol–water partition coefficient (Wildman–Crippen LogP) is 2.63. The first-order valence-electron chi connectivity index (χ1n) is 8.30. The summed E-state index contributed by atoms with van der Waals surface area (Å²) in [5.41, 5.74) is -0.816. The molecule has 3 saturated carbocycles. The van der Waals surface area contributed by atoms with E-state index in [4.69, 9.17) is 0 Å². The zero-order valence-corrected chi connectivity index (χ0v) is 14.0. The fraction of sp³-hybridized carbons (Fsp3) is 0.938. The number of Topliss-reactive ketones (excluding diaryl/α,β-unsaturated/α-hetero) is 1. The molecule has 1 N–H and O–H groups in total. The minimum Gasteiger partial charge on any atom is -0.299 e. The molecule has 2 bridgehead atoms. The van der Waals surface area contributed by atoms with E-state index >= 15 is 0 Å². The van der Waals surface area contributed by atoms with Gasteiger partial charge in [0.25, 0.3) is 0 Å². The molecule has 0 aliphatic heterocycles. The van der Waals surface area contributed by atoms with Crippen LogP contribution in [-0.2, 0) is 14.8 Å². The highest BCUT2D eigenvalue weighted by Crippen LogP contribution is 2.64. The van der Waals surface area contributed by atoms with Crippen LogP contribution in [0.15, 0.2) is 0 Å². The summed E-state index contributed by atoms with van der Waals surface area (Å²) in [5.74, 6) is 0.548. The third kappa shape index (κ3) is 2.46. The minimum atomic E-state index is -3.38. The average molecular weight is 313 g/mol. The Morgan fingerprint density at radius 3 is 2.33 bits per heavy atom. The van der Waals surface area contributed by atoms with E-state index in [0.717, 1.165) is 38.5 Å². The van der Waals surface area contributed by atoms with Gasteiger partial charge in [-0.25, -0.2) is 13.1 Å². The number of carbonyl (C=O) groups excluding carboxylic acids is 1. The Labute approximate surface area is 128 Å². The molecule has 3 fully saturated rings. The Hall–Kier alpha value is -0.420. The highest BCUT2D eigenvalue weighted by molar-refractivity contribution is 7.89. The molecule has 3 aliphatic rings. The molecule has 21 heavy (non-hydrogen) atoms. The van der Waals surface area contributed by atoms with Crippen molar-refractivity contribution in [3.63, 3.8) is 0 Å². The maximum atomic E-state index is 12.6. The van der Waals surface area contributed by atoms with E-state index in [0.29, 0.717) is 12.3 Å². The van der Waals surface area contributed by atoms with Gasteiger partial charge in [-0.15, -0.1) is 0 Å². The van der Waals surface area contributed by atoms with Crippen molar-refractivity contribution >= 4 is 15.8 Å². The summed E-state index contributed by atoms with van der Waals surface area (Å²) in [5, 5.41) is 0. The number of hydrogen-bond donors (Lipinski definition) is 1. The molecule has 0 aromatic carbocycles. The first-order valence-corrected chi connectivity index (χ1v) is 9.95. The Morgan fingerprint density at radius 2 is 1.81 bits per heavy atom. The quantitative estimate of drug-likeness (QED) is 0.868. The second-order valence-electron chi connectivity index (χ2n) is 7.88. The van der Waals surface area contributed by atoms with E-state index in [-0.39, 0.29) is 23.0 Å². The lowest BCUT2D eigenvalue weighted by Crippen LogP contribution is -2.47. The number of rotatable bonds is 4. The van der Waals surface area contributed by atoms with Gasteiger partial charge in [0.2, 0.25) is 10.0 Å². The number of hydrogen-bond acceptors (Lipinski definition) is 3. The molecular formula is C16H27NO3S. The summed E-state index contributed by atoms with van der Waals surface area (Å²) >= 11 is 0. The van der Waals surface area contributed by atoms with Crippen molar-refractivity contribution in [3.8, 4) is 0 Å². The number of nitrogens with one attached hydrogen (secondary N) is 1. The average Bonchev–Trinajstić information content (AvgIpc) is 2.72. The van der Waals surface area contributed by atoms with Crippen LogP contribution in [-0.4, -0.2) is 26.0 Å². The summed E-state index contributed by atoms with van der Waals surface area (Å²) < 4.78 is 28.1. The van der Waals surface area contributed by atoms with Gasteiger partial charge in [-0.2, -0.15) is 0 Å². The van der Waals surface area contributed by atoms with Gasteiger partial charge in [0, 0.05) is 17.9 Å². The van der Waals surface area contributed by atoms with Gasteiger partial charge < -0.3 is 0 Å². The van der Waals surface area contributed by atoms with Crippen molar-refractivity contribution in [3.05, 3.63) is 0 Å². The normalized spacial score (nSPS) is 36.3. The van der Waals surface area contributed by atoms with Crippen LogP contribution in [0.1, 0.15) is 65.2 Å². The SMILES string of the molecule is CC1(C)[C@@H]2CC[C@@]1(CS(=O)(=O)NC1CCCCC1)C(=O)C2. The monoisotopic (exact) mass is 313 g/mol. The lowest BCUT2D eigenvalue weighted by molar-refractivity contribution is -0.128. The maximum Gasteiger partial charge on any atom is 0.212 e. The minimum absolute atomic E-state index is 0.00116. The van der Waals surface area contributed by atoms with Crippen LogP contribution in [0.5, 0.6) is 0 Å². The Balaban J connectivity index is 1.76. The fourth-order valence-corrected chi connectivity index (χ4v) is 7.10. The molecule has 0 saturated heterocycles. The topological polar surface area (TPSA) is 63.2 Å². The third-order valence-corrected chi connectivity index (χ3v) is 8.09. The van der Waals surface area contributed by atoms with Gasteiger partial charge in [-0.3, -0.25) is 4.79 Å². The van der Waals surface area contributed by atoms with Crippen LogP contribution in [0.25, 0.3) is 0 Å². The van der Waals surface area contributed by atoms with Gasteiger partial charge in [0.05, 0.1) is 5.75 Å². The van der Waals surface area contributed by atoms with E-state index in [1.54, 1.807) is 0 Å². The Morgan fingerprint density at radius 1 is 1.14 bits per heavy atom. The van der Waals surface area contributed by atoms with Crippen molar-refractivity contribution < 1.29 is 13.2 Å². The molecule has 0 spiro atoms. The molecule has 2 atom stereocenters. The van der Waals surface area contributed by atoms with E-state index < -0.39 is 15.4 Å². The Bertz CT molecular complexity index is 534. The summed E-state index contributed by atoms with van der Waals surface area (Å²) in [6, 6.07) is 0.0805. The molecule has 0 aromatic rings. The van der Waals surface area contributed by atoms with Crippen LogP contribution >= 0.6 is 0 Å². The molecule has 0 unspecified atom stereocenters. The van der Waals surface area contributed by atoms with E-state index in [9.17, 15) is 13.2 Å². The van der Waals surface area contributed by atoms with Gasteiger partial charge in [-0.05, 0) is 37.0 Å². The molecule has 0 radical (unpaired) electrons. The second kappa shape index (κ2) is 5.05. The number of fused-ring (bicyclic) bond motifs is 2. The molecular weight excluding hydrogens is 286 g/mol. The zero-order chi connectivity index (χ0) is 15.3. The van der Waals surface area contributed by atoms with Crippen LogP contribution in [0.2, 0.25) is 0 Å². The highest BCUT2D eigenvalue weighted by atomic mass is 32.2. The van der Waals surface area contributed by atoms with Crippen LogP contribution in [0, 0.1) is 16.7 Å². The standard InChI is InChI=1S/C16H27NO3S/c1-15(2)12-8-9-16(15,14(18)10-12)11-21(19,20)17-13-6-4-3-5-7-13/h12-13,17H,3-11H2,1-2H3/t12-,16-/m1/s1. The molecule has 4 nitrogen and oxygen atoms in total. The van der Waals surface area contributed by atoms with Crippen molar-refractivity contribution in [2.24, 2.45) is 16.7 Å². The molecule has 5 heteroatoms. The van der Waals surface area contributed by atoms with E-state index in [1.165, 1.54) is 6.42 Å². The summed E-state index contributed by atoms with van der Waals surface area (Å²) in [7, 11) is -3.38. The number of carbonyl (C=O) groups is 1. The molecule has 0 amide bonds. The summed E-state index contributed by atoms with van der Waals surface area (Å²) in [6.45, 7) is 4.18. The predicted molar refractivity (Wildman–Crippen MR) is 82.4 cm³/mol. The second-order valence-corrected chi connectivity index (χ2v) is 9.63. The van der Waals surface area contributed by atoms with Crippen molar-refractivity contribution in [1.82, 2.24) is 4.72 Å². The van der Waals surface area contributed by atoms with Crippen LogP contribution in [0.4, 0.5) is 0 Å². The van der Waals surface area contributed by atoms with E-state index in [2.05, 4.69) is 18.6 Å². The summed E-state index contributed by atoms with van der Waals surface area (Å²) in [6.07, 6.45) is 7.60. The molecule has 3 rings (SSSR count). The lowest BCUT2D eigenvalue weighted by Gasteiger charge is -2.36. The summed E-state index contributed by atoms with van der Waals surface area (Å²) in [4.78, 5) is 12.5. The smallest absolute Gasteiger partial charge is 0.212 e. The van der Waals surface area contributed by atoms with Gasteiger partial charge in [0.15, 0.2) is 0 Å². The first kappa shape index (κ1) is 15.5. The lowest BCUT2D eigenvalue weighted by atomic mass is 9.70. The molecule has 0 heterocycles. The van der Waals surface area contributed by atoms with Gasteiger partial charge in [-0.1, -0.05) is 33.1 Å². The fourth-order valence-electron chi connectivity index (χ4n) is 4.95. The maximum absolute atomic E-state index is 12.6. The van der Waals surface area contributed by atoms with Crippen molar-refractivity contribution in [2.45, 2.75) is 71.3 Å². The molecule has 3 aliphatic carbocycles. The third-order valence-electron chi connectivity index (χ3n) is 6.53. The number of sulfonamides is 1. The van der Waals surface area contributed by atoms with Gasteiger partial charge >= 0.3 is 0 Å². The van der Waals surface area contributed by atoms with Crippen LogP contribution in [0.3, 0.4) is 0 Å². The van der Waals surface area contributed by atoms with Gasteiger partial charge in [0.1, 0.15) is 5.78 Å².